The van der Waals surface area contributed by atoms with E-state index in [1.165, 1.54) is 31.4 Å². The van der Waals surface area contributed by atoms with Crippen molar-refractivity contribution in [2.24, 2.45) is 11.3 Å². The van der Waals surface area contributed by atoms with Gasteiger partial charge in [0.05, 0.1) is 13.5 Å². The van der Waals surface area contributed by atoms with Crippen LogP contribution in [0, 0.1) is 23.0 Å². The molecule has 1 aliphatic rings. The van der Waals surface area contributed by atoms with Crippen LogP contribution in [0.25, 0.3) is 11.1 Å². The molecule has 1 aliphatic carbocycles. The molecule has 4 rings (SSSR count). The third-order valence-corrected chi connectivity index (χ3v) is 6.99. The van der Waals surface area contributed by atoms with E-state index < -0.39 is 35.1 Å². The van der Waals surface area contributed by atoms with Crippen molar-refractivity contribution in [2.45, 2.75) is 58.7 Å². The number of hydrogen-bond donors (Lipinski definition) is 1. The first-order chi connectivity index (χ1) is 18.0. The van der Waals surface area contributed by atoms with Crippen molar-refractivity contribution in [3.63, 3.8) is 0 Å². The van der Waals surface area contributed by atoms with Crippen molar-refractivity contribution >= 4 is 5.97 Å². The van der Waals surface area contributed by atoms with Gasteiger partial charge in [-0.1, -0.05) is 45.0 Å². The Bertz CT molecular complexity index is 1310. The Balaban J connectivity index is 1.65. The zero-order valence-corrected chi connectivity index (χ0v) is 22.1. The van der Waals surface area contributed by atoms with Crippen LogP contribution in [-0.4, -0.2) is 18.2 Å². The number of carbonyl (C=O) groups is 1. The predicted molar refractivity (Wildman–Crippen MR) is 140 cm³/mol. The van der Waals surface area contributed by atoms with E-state index in [2.05, 4.69) is 0 Å². The maximum absolute atomic E-state index is 15.7. The van der Waals surface area contributed by atoms with Crippen LogP contribution in [0.5, 0.6) is 11.5 Å². The molecule has 0 saturated heterocycles. The van der Waals surface area contributed by atoms with Crippen LogP contribution in [0.2, 0.25) is 0 Å². The smallest absolute Gasteiger partial charge is 0.303 e. The Morgan fingerprint density at radius 2 is 1.76 bits per heavy atom. The molecule has 202 valence electrons. The molecule has 0 spiro atoms. The van der Waals surface area contributed by atoms with E-state index in [0.717, 1.165) is 12.8 Å². The first-order valence-electron chi connectivity index (χ1n) is 12.7. The van der Waals surface area contributed by atoms with E-state index in [1.54, 1.807) is 51.1 Å². The van der Waals surface area contributed by atoms with Gasteiger partial charge in [-0.15, -0.1) is 0 Å². The van der Waals surface area contributed by atoms with E-state index in [4.69, 9.17) is 9.47 Å². The molecule has 3 aromatic carbocycles. The molecule has 0 unspecified atom stereocenters. The molecular weight excluding hydrogens is 493 g/mol. The van der Waals surface area contributed by atoms with E-state index in [-0.39, 0.29) is 30.3 Å². The molecule has 2 atom stereocenters. The number of carboxylic acids is 1. The Morgan fingerprint density at radius 1 is 1.03 bits per heavy atom. The molecule has 7 heteroatoms. The number of methoxy groups -OCH3 is 1. The molecule has 0 aromatic heterocycles. The van der Waals surface area contributed by atoms with Gasteiger partial charge < -0.3 is 14.6 Å². The Morgan fingerprint density at radius 3 is 2.39 bits per heavy atom. The van der Waals surface area contributed by atoms with Crippen LogP contribution in [0.3, 0.4) is 0 Å². The molecule has 4 nitrogen and oxygen atoms in total. The van der Waals surface area contributed by atoms with Crippen molar-refractivity contribution in [1.82, 2.24) is 0 Å². The van der Waals surface area contributed by atoms with Gasteiger partial charge in [0.25, 0.3) is 0 Å². The summed E-state index contributed by atoms with van der Waals surface area (Å²) in [5.74, 6) is -1.82. The minimum absolute atomic E-state index is 0.00984. The second kappa shape index (κ2) is 11.1. The summed E-state index contributed by atoms with van der Waals surface area (Å²) in [6.45, 7) is 5.25. The minimum Gasteiger partial charge on any atom is -0.497 e. The van der Waals surface area contributed by atoms with Crippen molar-refractivity contribution in [1.29, 1.82) is 0 Å². The normalized spacial score (nSPS) is 15.1. The fourth-order valence-electron chi connectivity index (χ4n) is 4.77. The van der Waals surface area contributed by atoms with Crippen LogP contribution < -0.4 is 9.47 Å². The average molecular weight is 527 g/mol. The number of benzene rings is 3. The highest BCUT2D eigenvalue weighted by Gasteiger charge is 2.36. The standard InChI is InChI=1S/C31H33F3O4/c1-31(2,3)30(34)25-14-18(8-12-21(25)24-15-20(37-4)11-13-26(24)32)17-38-27-7-5-6-22(29(27)33)23(16-28(35)36)19-9-10-19/h5-8,11-15,19,23,30H,9-10,16-17H2,1-4H3,(H,35,36)/t23-,30+/m0/s1. The molecule has 1 fully saturated rings. The van der Waals surface area contributed by atoms with Crippen molar-refractivity contribution in [3.8, 4) is 22.6 Å². The molecule has 1 N–H and O–H groups in total. The fourth-order valence-corrected chi connectivity index (χ4v) is 4.77. The third-order valence-electron chi connectivity index (χ3n) is 6.99. The first-order valence-corrected chi connectivity index (χ1v) is 12.7. The Kier molecular flexibility index (Phi) is 8.05. The fraction of sp³-hybridized carbons (Fsp3) is 0.387. The van der Waals surface area contributed by atoms with E-state index in [9.17, 15) is 14.3 Å². The number of halogens is 3. The number of carboxylic acid groups (broad SMARTS) is 1. The highest BCUT2D eigenvalue weighted by atomic mass is 19.1. The summed E-state index contributed by atoms with van der Waals surface area (Å²) in [5, 5.41) is 9.30. The number of alkyl halides is 1. The maximum Gasteiger partial charge on any atom is 0.303 e. The lowest BCUT2D eigenvalue weighted by Crippen LogP contribution is -2.15. The van der Waals surface area contributed by atoms with Gasteiger partial charge in [-0.3, -0.25) is 4.79 Å². The van der Waals surface area contributed by atoms with Crippen LogP contribution >= 0.6 is 0 Å². The summed E-state index contributed by atoms with van der Waals surface area (Å²) in [5.41, 5.74) is 1.10. The van der Waals surface area contributed by atoms with Gasteiger partial charge in [0.1, 0.15) is 24.3 Å². The first kappa shape index (κ1) is 27.6. The number of ether oxygens (including phenoxy) is 2. The van der Waals surface area contributed by atoms with Crippen molar-refractivity contribution < 1.29 is 32.5 Å². The van der Waals surface area contributed by atoms with Crippen molar-refractivity contribution in [2.75, 3.05) is 7.11 Å². The molecule has 38 heavy (non-hydrogen) atoms. The lowest BCUT2D eigenvalue weighted by atomic mass is 9.82. The van der Waals surface area contributed by atoms with Gasteiger partial charge in [0.15, 0.2) is 11.6 Å². The summed E-state index contributed by atoms with van der Waals surface area (Å²) < 4.78 is 57.0. The summed E-state index contributed by atoms with van der Waals surface area (Å²) in [6, 6.07) is 14.1. The Hall–Kier alpha value is -3.48. The van der Waals surface area contributed by atoms with Gasteiger partial charge in [0, 0.05) is 11.5 Å². The van der Waals surface area contributed by atoms with E-state index in [0.29, 0.717) is 28.0 Å². The number of rotatable bonds is 10. The minimum atomic E-state index is -1.42. The second-order valence-corrected chi connectivity index (χ2v) is 11.0. The zero-order valence-electron chi connectivity index (χ0n) is 22.1. The highest BCUT2D eigenvalue weighted by Crippen LogP contribution is 2.46. The van der Waals surface area contributed by atoms with E-state index >= 15 is 8.78 Å². The van der Waals surface area contributed by atoms with Gasteiger partial charge in [-0.2, -0.15) is 0 Å². The van der Waals surface area contributed by atoms with E-state index in [1.807, 2.05) is 0 Å². The van der Waals surface area contributed by atoms with Crippen LogP contribution in [0.1, 0.15) is 68.8 Å². The summed E-state index contributed by atoms with van der Waals surface area (Å²) in [7, 11) is 1.48. The summed E-state index contributed by atoms with van der Waals surface area (Å²) in [4.78, 5) is 11.4. The number of hydrogen-bond acceptors (Lipinski definition) is 3. The molecule has 0 aliphatic heterocycles. The summed E-state index contributed by atoms with van der Waals surface area (Å²) in [6.07, 6.45) is 0.202. The zero-order chi connectivity index (χ0) is 27.6. The summed E-state index contributed by atoms with van der Waals surface area (Å²) >= 11 is 0. The molecule has 3 aromatic rings. The van der Waals surface area contributed by atoms with Gasteiger partial charge in [-0.05, 0) is 76.8 Å². The number of aliphatic carboxylic acids is 1. The lowest BCUT2D eigenvalue weighted by Gasteiger charge is -2.27. The van der Waals surface area contributed by atoms with Crippen LogP contribution in [0.4, 0.5) is 13.2 Å². The highest BCUT2D eigenvalue weighted by molar-refractivity contribution is 5.71. The lowest BCUT2D eigenvalue weighted by molar-refractivity contribution is -0.137. The molecule has 0 radical (unpaired) electrons. The molecule has 1 saturated carbocycles. The van der Waals surface area contributed by atoms with Gasteiger partial charge in [-0.25, -0.2) is 13.2 Å². The molecule has 0 bridgehead atoms. The SMILES string of the molecule is COc1ccc(F)c(-c2ccc(COc3cccc([C@@H](CC(=O)O)C4CC4)c3F)cc2[C@@H](F)C(C)(C)C)c1. The molecule has 0 heterocycles. The van der Waals surface area contributed by atoms with Crippen LogP contribution in [-0.2, 0) is 11.4 Å². The van der Waals surface area contributed by atoms with Crippen molar-refractivity contribution in [3.05, 3.63) is 82.9 Å². The second-order valence-electron chi connectivity index (χ2n) is 11.0. The average Bonchev–Trinajstić information content (AvgIpc) is 3.71. The monoisotopic (exact) mass is 526 g/mol. The molecule has 0 amide bonds. The predicted octanol–water partition coefficient (Wildman–Crippen LogP) is 8.24. The Labute approximate surface area is 221 Å². The quantitative estimate of drug-likeness (QED) is 0.289. The topological polar surface area (TPSA) is 55.8 Å². The molecular formula is C31H33F3O4. The van der Waals surface area contributed by atoms with Crippen LogP contribution in [0.15, 0.2) is 54.6 Å². The maximum atomic E-state index is 15.7. The van der Waals surface area contributed by atoms with Gasteiger partial charge >= 0.3 is 5.97 Å². The third kappa shape index (κ3) is 6.14. The largest absolute Gasteiger partial charge is 0.497 e. The van der Waals surface area contributed by atoms with Gasteiger partial charge in [0.2, 0.25) is 0 Å².